The number of nitrogen functional groups attached to an aromatic ring is 1. The highest BCUT2D eigenvalue weighted by Crippen LogP contribution is 2.21. The Morgan fingerprint density at radius 3 is 2.80 bits per heavy atom. The zero-order valence-electron chi connectivity index (χ0n) is 10.3. The number of aromatic nitrogens is 3. The Morgan fingerprint density at radius 2 is 2.15 bits per heavy atom. The molecular weight excluding hydrogens is 343 g/mol. The van der Waals surface area contributed by atoms with E-state index in [1.807, 2.05) is 18.2 Å². The van der Waals surface area contributed by atoms with Gasteiger partial charge in [-0.2, -0.15) is 0 Å². The Kier molecular flexibility index (Phi) is 4.43. The molecular formula is C11H12BBrN4O2S. The van der Waals surface area contributed by atoms with Gasteiger partial charge in [-0.1, -0.05) is 6.07 Å². The molecule has 6 nitrogen and oxygen atoms in total. The first-order valence-electron chi connectivity index (χ1n) is 5.69. The van der Waals surface area contributed by atoms with Crippen LogP contribution in [0.1, 0.15) is 5.56 Å². The van der Waals surface area contributed by atoms with Crippen molar-refractivity contribution in [3.05, 3.63) is 42.5 Å². The molecule has 0 atom stereocenters. The highest BCUT2D eigenvalue weighted by Gasteiger charge is 2.15. The molecule has 3 rings (SSSR count). The van der Waals surface area contributed by atoms with E-state index in [-0.39, 0.29) is 17.0 Å². The van der Waals surface area contributed by atoms with E-state index < -0.39 is 7.12 Å². The number of hydrogen-bond donors (Lipinski definition) is 3. The van der Waals surface area contributed by atoms with Crippen molar-refractivity contribution in [1.29, 1.82) is 0 Å². The second-order valence-corrected chi connectivity index (χ2v) is 5.40. The number of nitrogens with zero attached hydrogens (tertiary/aromatic N) is 3. The topological polar surface area (TPSA) is 88.2 Å². The summed E-state index contributed by atoms with van der Waals surface area (Å²) in [6.07, 6.45) is 3.23. The largest absolute Gasteiger partial charge is 1.00 e. The van der Waals surface area contributed by atoms with Crippen molar-refractivity contribution in [2.75, 3.05) is 5.84 Å². The molecule has 0 aliphatic carbocycles. The Hall–Kier alpha value is -1.42. The maximum atomic E-state index is 9.17. The molecule has 2 heterocycles. The summed E-state index contributed by atoms with van der Waals surface area (Å²) < 4.78 is 4.70. The number of fused-ring (bicyclic) bond motifs is 1. The molecule has 20 heavy (non-hydrogen) atoms. The first-order chi connectivity index (χ1) is 9.11. The Morgan fingerprint density at radius 1 is 1.35 bits per heavy atom. The third kappa shape index (κ3) is 3.01. The van der Waals surface area contributed by atoms with Crippen LogP contribution in [0.4, 0.5) is 0 Å². The van der Waals surface area contributed by atoms with Gasteiger partial charge >= 0.3 is 7.12 Å². The number of rotatable bonds is 3. The van der Waals surface area contributed by atoms with Gasteiger partial charge in [0.05, 0.1) is 0 Å². The maximum absolute atomic E-state index is 9.17. The summed E-state index contributed by atoms with van der Waals surface area (Å²) in [5, 5.41) is 23.4. The molecule has 2 aromatic heterocycles. The third-order valence-electron chi connectivity index (χ3n) is 2.80. The lowest BCUT2D eigenvalue weighted by Gasteiger charge is -1.96. The summed E-state index contributed by atoms with van der Waals surface area (Å²) >= 11 is 1.38. The van der Waals surface area contributed by atoms with Crippen LogP contribution in [-0.2, 0) is 6.54 Å². The van der Waals surface area contributed by atoms with Crippen molar-refractivity contribution < 1.29 is 31.7 Å². The number of thiophene rings is 1. The van der Waals surface area contributed by atoms with Crippen LogP contribution in [0, 0.1) is 0 Å². The standard InChI is InChI=1S/C11H12BN4O2S.BrH/c13-15-6-14-16(7-15)5-8-1-2-10-9(3-8)4-11(19-10)12(17)18;/h1-4,6-7,17-18H,5,13H2;1H/q+1;/p-1. The molecule has 0 unspecified atom stereocenters. The lowest BCUT2D eigenvalue weighted by atomic mass is 9.89. The fraction of sp³-hybridized carbons (Fsp3) is 0.0909. The van der Waals surface area contributed by atoms with Crippen LogP contribution in [0.5, 0.6) is 0 Å². The van der Waals surface area contributed by atoms with E-state index in [1.165, 1.54) is 22.3 Å². The molecule has 9 heteroatoms. The van der Waals surface area contributed by atoms with Crippen molar-refractivity contribution in [3.8, 4) is 0 Å². The van der Waals surface area contributed by atoms with Gasteiger partial charge in [0.15, 0.2) is 0 Å². The van der Waals surface area contributed by atoms with Gasteiger partial charge in [0.2, 0.25) is 6.33 Å². The van der Waals surface area contributed by atoms with Gasteiger partial charge in [0.25, 0.3) is 6.33 Å². The minimum absolute atomic E-state index is 0. The quantitative estimate of drug-likeness (QED) is 0.253. The summed E-state index contributed by atoms with van der Waals surface area (Å²) in [7, 11) is -1.41. The highest BCUT2D eigenvalue weighted by molar-refractivity contribution is 7.27. The number of hydrogen-bond acceptors (Lipinski definition) is 5. The summed E-state index contributed by atoms with van der Waals surface area (Å²) in [5.41, 5.74) is 1.08. The number of nitrogens with two attached hydrogens (primary N) is 1. The lowest BCUT2D eigenvalue weighted by Crippen LogP contribution is -3.00. The van der Waals surface area contributed by atoms with Crippen molar-refractivity contribution >= 4 is 33.3 Å². The van der Waals surface area contributed by atoms with Gasteiger partial charge in [-0.25, -0.2) is 0 Å². The van der Waals surface area contributed by atoms with E-state index in [0.29, 0.717) is 11.3 Å². The van der Waals surface area contributed by atoms with Gasteiger partial charge in [-0.15, -0.1) is 20.7 Å². The van der Waals surface area contributed by atoms with Crippen molar-refractivity contribution in [2.24, 2.45) is 0 Å². The first-order valence-corrected chi connectivity index (χ1v) is 6.51. The van der Waals surface area contributed by atoms with Gasteiger partial charge in [-0.3, -0.25) is 5.84 Å². The Labute approximate surface area is 130 Å². The van der Waals surface area contributed by atoms with Gasteiger partial charge in [0, 0.05) is 14.6 Å². The summed E-state index contributed by atoms with van der Waals surface area (Å²) in [5.74, 6) is 5.54. The van der Waals surface area contributed by atoms with E-state index in [0.717, 1.165) is 15.6 Å². The molecule has 0 bridgehead atoms. The SMILES string of the molecule is N[n+]1cnn(Cc2ccc3sc(B(O)O)cc3c2)c1.[Br-]. The Bertz CT molecular complexity index is 730. The van der Waals surface area contributed by atoms with Crippen molar-refractivity contribution in [2.45, 2.75) is 6.54 Å². The zero-order chi connectivity index (χ0) is 13.4. The fourth-order valence-corrected chi connectivity index (χ4v) is 2.86. The maximum Gasteiger partial charge on any atom is 0.499 e. The zero-order valence-corrected chi connectivity index (χ0v) is 12.8. The van der Waals surface area contributed by atoms with Crippen LogP contribution in [0.3, 0.4) is 0 Å². The summed E-state index contributed by atoms with van der Waals surface area (Å²) in [6.45, 7) is 0.618. The predicted molar refractivity (Wildman–Crippen MR) is 73.3 cm³/mol. The molecule has 0 aliphatic rings. The molecule has 0 amide bonds. The molecule has 0 spiro atoms. The molecule has 0 fully saturated rings. The van der Waals surface area contributed by atoms with Gasteiger partial charge in [0.1, 0.15) is 6.54 Å². The second kappa shape index (κ2) is 5.92. The number of halogens is 1. The van der Waals surface area contributed by atoms with E-state index in [2.05, 4.69) is 5.10 Å². The minimum atomic E-state index is -1.41. The normalized spacial score (nSPS) is 10.5. The molecule has 1 aromatic carbocycles. The predicted octanol–water partition coefficient (Wildman–Crippen LogP) is -4.17. The van der Waals surface area contributed by atoms with E-state index in [9.17, 15) is 0 Å². The third-order valence-corrected chi connectivity index (χ3v) is 3.95. The average Bonchev–Trinajstić information content (AvgIpc) is 2.95. The number of benzene rings is 1. The second-order valence-electron chi connectivity index (χ2n) is 4.29. The van der Waals surface area contributed by atoms with E-state index in [4.69, 9.17) is 15.9 Å². The Balaban J connectivity index is 0.00000147. The van der Waals surface area contributed by atoms with Crippen LogP contribution < -0.4 is 32.3 Å². The van der Waals surface area contributed by atoms with Crippen LogP contribution in [0.15, 0.2) is 36.9 Å². The highest BCUT2D eigenvalue weighted by atomic mass is 79.9. The molecule has 104 valence electrons. The van der Waals surface area contributed by atoms with Crippen LogP contribution in [0.25, 0.3) is 10.1 Å². The summed E-state index contributed by atoms with van der Waals surface area (Å²) in [4.78, 5) is 0. The summed E-state index contributed by atoms with van der Waals surface area (Å²) in [6, 6.07) is 7.77. The van der Waals surface area contributed by atoms with Crippen LogP contribution in [-0.4, -0.2) is 26.9 Å². The molecule has 3 aromatic rings. The smallest absolute Gasteiger partial charge is 0.499 e. The lowest BCUT2D eigenvalue weighted by molar-refractivity contribution is -0.639. The molecule has 0 radical (unpaired) electrons. The van der Waals surface area contributed by atoms with Gasteiger partial charge < -0.3 is 27.0 Å². The molecule has 4 N–H and O–H groups in total. The minimum Gasteiger partial charge on any atom is -1.00 e. The monoisotopic (exact) mass is 354 g/mol. The van der Waals surface area contributed by atoms with Crippen molar-refractivity contribution in [1.82, 2.24) is 9.78 Å². The van der Waals surface area contributed by atoms with Gasteiger partial charge in [-0.05, 0) is 29.1 Å². The average molecular weight is 355 g/mol. The van der Waals surface area contributed by atoms with E-state index >= 15 is 0 Å². The van der Waals surface area contributed by atoms with Crippen molar-refractivity contribution in [3.63, 3.8) is 0 Å². The molecule has 0 saturated carbocycles. The molecule has 0 saturated heterocycles. The fourth-order valence-electron chi connectivity index (χ4n) is 1.95. The van der Waals surface area contributed by atoms with Crippen LogP contribution >= 0.6 is 11.3 Å². The van der Waals surface area contributed by atoms with E-state index in [1.54, 1.807) is 17.1 Å². The molecule has 0 aliphatic heterocycles. The van der Waals surface area contributed by atoms with Crippen LogP contribution in [0.2, 0.25) is 0 Å². The first kappa shape index (κ1) is 15.0.